The molecular formula is C14H24BrNS. The maximum Gasteiger partial charge on any atom is 0.0285 e. The van der Waals surface area contributed by atoms with Crippen LogP contribution in [0.1, 0.15) is 44.9 Å². The van der Waals surface area contributed by atoms with Gasteiger partial charge in [-0.25, -0.2) is 0 Å². The summed E-state index contributed by atoms with van der Waals surface area (Å²) in [6, 6.07) is 2.89. The Morgan fingerprint density at radius 1 is 1.35 bits per heavy atom. The molecule has 0 aromatic carbocycles. The molecule has 1 aromatic rings. The van der Waals surface area contributed by atoms with Gasteiger partial charge in [-0.1, -0.05) is 20.8 Å². The Bertz CT molecular complexity index is 309. The first-order valence-electron chi connectivity index (χ1n) is 6.58. The molecule has 0 bridgehead atoms. The summed E-state index contributed by atoms with van der Waals surface area (Å²) in [4.78, 5) is 1.48. The highest BCUT2D eigenvalue weighted by Gasteiger charge is 2.11. The minimum Gasteiger partial charge on any atom is -0.314 e. The molecule has 17 heavy (non-hydrogen) atoms. The van der Waals surface area contributed by atoms with Gasteiger partial charge in [0, 0.05) is 20.8 Å². The van der Waals surface area contributed by atoms with E-state index in [0.717, 1.165) is 12.5 Å². The van der Waals surface area contributed by atoms with Gasteiger partial charge in [-0.3, -0.25) is 0 Å². The van der Waals surface area contributed by atoms with E-state index in [0.29, 0.717) is 6.04 Å². The largest absolute Gasteiger partial charge is 0.314 e. The van der Waals surface area contributed by atoms with Crippen LogP contribution in [0.4, 0.5) is 0 Å². The third kappa shape index (κ3) is 6.58. The lowest BCUT2D eigenvalue weighted by Gasteiger charge is -2.18. The normalized spacial score (nSPS) is 13.2. The smallest absolute Gasteiger partial charge is 0.0285 e. The Kier molecular flexibility index (Phi) is 7.40. The average molecular weight is 318 g/mol. The number of hydrogen-bond donors (Lipinski definition) is 1. The van der Waals surface area contributed by atoms with Gasteiger partial charge in [-0.05, 0) is 60.1 Å². The van der Waals surface area contributed by atoms with Gasteiger partial charge < -0.3 is 5.32 Å². The van der Waals surface area contributed by atoms with Crippen LogP contribution in [0.25, 0.3) is 0 Å². The number of halogens is 1. The van der Waals surface area contributed by atoms with Gasteiger partial charge in [0.1, 0.15) is 0 Å². The van der Waals surface area contributed by atoms with Crippen LogP contribution in [0.5, 0.6) is 0 Å². The van der Waals surface area contributed by atoms with E-state index in [1.165, 1.54) is 35.0 Å². The molecule has 0 aliphatic carbocycles. The number of thiophene rings is 1. The molecule has 1 rings (SSSR count). The van der Waals surface area contributed by atoms with Gasteiger partial charge in [0.2, 0.25) is 0 Å². The van der Waals surface area contributed by atoms with E-state index >= 15 is 0 Å². The number of nitrogens with one attached hydrogen (secondary N) is 1. The third-order valence-corrected chi connectivity index (χ3v) is 4.56. The van der Waals surface area contributed by atoms with E-state index in [4.69, 9.17) is 0 Å². The molecule has 0 amide bonds. The fourth-order valence-corrected chi connectivity index (χ4v) is 3.40. The molecule has 0 radical (unpaired) electrons. The van der Waals surface area contributed by atoms with Crippen molar-refractivity contribution in [3.63, 3.8) is 0 Å². The second kappa shape index (κ2) is 8.28. The van der Waals surface area contributed by atoms with Gasteiger partial charge >= 0.3 is 0 Å². The van der Waals surface area contributed by atoms with Gasteiger partial charge in [0.25, 0.3) is 0 Å². The predicted octanol–water partition coefficient (Wildman–Crippen LogP) is 4.86. The van der Waals surface area contributed by atoms with Crippen LogP contribution >= 0.6 is 27.3 Å². The van der Waals surface area contributed by atoms with Crippen LogP contribution in [0.3, 0.4) is 0 Å². The summed E-state index contributed by atoms with van der Waals surface area (Å²) >= 11 is 5.39. The summed E-state index contributed by atoms with van der Waals surface area (Å²) in [5, 5.41) is 5.85. The van der Waals surface area contributed by atoms with Crippen molar-refractivity contribution in [2.45, 2.75) is 52.5 Å². The van der Waals surface area contributed by atoms with E-state index in [9.17, 15) is 0 Å². The van der Waals surface area contributed by atoms with Crippen LogP contribution < -0.4 is 5.32 Å². The Balaban J connectivity index is 2.44. The fourth-order valence-electron chi connectivity index (χ4n) is 1.86. The standard InChI is InChI=1S/C14H24BrNS/c1-4-7-16-13(6-5-11(2)3)9-14-8-12(15)10-17-14/h8,10-11,13,16H,4-7,9H2,1-3H3. The van der Waals surface area contributed by atoms with Crippen molar-refractivity contribution in [1.82, 2.24) is 5.32 Å². The molecule has 1 heterocycles. The highest BCUT2D eigenvalue weighted by atomic mass is 79.9. The minimum atomic E-state index is 0.642. The second-order valence-corrected chi connectivity index (χ2v) is 6.97. The first-order chi connectivity index (χ1) is 8.11. The molecule has 1 atom stereocenters. The van der Waals surface area contributed by atoms with Crippen molar-refractivity contribution in [2.75, 3.05) is 6.54 Å². The van der Waals surface area contributed by atoms with Crippen molar-refractivity contribution in [2.24, 2.45) is 5.92 Å². The molecule has 0 saturated carbocycles. The Morgan fingerprint density at radius 2 is 2.12 bits per heavy atom. The van der Waals surface area contributed by atoms with Gasteiger partial charge in [-0.15, -0.1) is 11.3 Å². The topological polar surface area (TPSA) is 12.0 Å². The van der Waals surface area contributed by atoms with Crippen LogP contribution in [0, 0.1) is 5.92 Å². The molecule has 0 saturated heterocycles. The predicted molar refractivity (Wildman–Crippen MR) is 81.9 cm³/mol. The number of hydrogen-bond acceptors (Lipinski definition) is 2. The zero-order valence-corrected chi connectivity index (χ0v) is 13.5. The molecule has 1 aromatic heterocycles. The maximum absolute atomic E-state index is 3.67. The fraction of sp³-hybridized carbons (Fsp3) is 0.714. The highest BCUT2D eigenvalue weighted by molar-refractivity contribution is 9.10. The van der Waals surface area contributed by atoms with Crippen molar-refractivity contribution in [3.05, 3.63) is 20.8 Å². The van der Waals surface area contributed by atoms with Crippen molar-refractivity contribution in [3.8, 4) is 0 Å². The van der Waals surface area contributed by atoms with Crippen molar-refractivity contribution in [1.29, 1.82) is 0 Å². The summed E-state index contributed by atoms with van der Waals surface area (Å²) in [5.74, 6) is 0.802. The van der Waals surface area contributed by atoms with E-state index in [1.54, 1.807) is 0 Å². The second-order valence-electron chi connectivity index (χ2n) is 5.06. The summed E-state index contributed by atoms with van der Waals surface area (Å²) in [5.41, 5.74) is 0. The maximum atomic E-state index is 3.67. The minimum absolute atomic E-state index is 0.642. The molecular weight excluding hydrogens is 294 g/mol. The zero-order chi connectivity index (χ0) is 12.7. The first-order valence-corrected chi connectivity index (χ1v) is 8.25. The Morgan fingerprint density at radius 3 is 2.65 bits per heavy atom. The van der Waals surface area contributed by atoms with E-state index in [1.807, 2.05) is 11.3 Å². The molecule has 98 valence electrons. The van der Waals surface area contributed by atoms with E-state index in [-0.39, 0.29) is 0 Å². The SMILES string of the molecule is CCCNC(CCC(C)C)Cc1cc(Br)cs1. The lowest BCUT2D eigenvalue weighted by Crippen LogP contribution is -2.31. The van der Waals surface area contributed by atoms with Gasteiger partial charge in [0.05, 0.1) is 0 Å². The van der Waals surface area contributed by atoms with E-state index in [2.05, 4.69) is 53.5 Å². The molecule has 0 fully saturated rings. The zero-order valence-electron chi connectivity index (χ0n) is 11.1. The summed E-state index contributed by atoms with van der Waals surface area (Å²) < 4.78 is 1.22. The first kappa shape index (κ1) is 15.2. The summed E-state index contributed by atoms with van der Waals surface area (Å²) in [6.45, 7) is 7.97. The van der Waals surface area contributed by atoms with Crippen LogP contribution in [0.2, 0.25) is 0 Å². The van der Waals surface area contributed by atoms with Gasteiger partial charge in [0.15, 0.2) is 0 Å². The van der Waals surface area contributed by atoms with Crippen molar-refractivity contribution >= 4 is 27.3 Å². The number of rotatable bonds is 8. The lowest BCUT2D eigenvalue weighted by atomic mass is 10.0. The van der Waals surface area contributed by atoms with Crippen LogP contribution in [-0.4, -0.2) is 12.6 Å². The molecule has 1 N–H and O–H groups in total. The molecule has 1 unspecified atom stereocenters. The summed E-state index contributed by atoms with van der Waals surface area (Å²) in [6.07, 6.45) is 4.98. The summed E-state index contributed by atoms with van der Waals surface area (Å²) in [7, 11) is 0. The monoisotopic (exact) mass is 317 g/mol. The molecule has 0 aliphatic rings. The third-order valence-electron chi connectivity index (χ3n) is 2.84. The molecule has 0 aliphatic heterocycles. The lowest BCUT2D eigenvalue weighted by molar-refractivity contribution is 0.429. The van der Waals surface area contributed by atoms with Crippen LogP contribution in [-0.2, 0) is 6.42 Å². The Hall–Kier alpha value is 0.140. The quantitative estimate of drug-likeness (QED) is 0.722. The molecule has 0 spiro atoms. The van der Waals surface area contributed by atoms with Crippen LogP contribution in [0.15, 0.2) is 15.9 Å². The highest BCUT2D eigenvalue weighted by Crippen LogP contribution is 2.22. The molecule has 1 nitrogen and oxygen atoms in total. The average Bonchev–Trinajstić information content (AvgIpc) is 2.68. The van der Waals surface area contributed by atoms with E-state index < -0.39 is 0 Å². The Labute approximate surface area is 118 Å². The van der Waals surface area contributed by atoms with Crippen molar-refractivity contribution < 1.29 is 0 Å². The molecule has 3 heteroatoms. The van der Waals surface area contributed by atoms with Gasteiger partial charge in [-0.2, -0.15) is 0 Å².